The van der Waals surface area contributed by atoms with E-state index in [-0.39, 0.29) is 16.0 Å². The summed E-state index contributed by atoms with van der Waals surface area (Å²) in [7, 11) is 0. The van der Waals surface area contributed by atoms with Crippen LogP contribution in [-0.4, -0.2) is 37.7 Å². The molecule has 7 heteroatoms. The van der Waals surface area contributed by atoms with Crippen LogP contribution in [0.3, 0.4) is 0 Å². The third-order valence-electron chi connectivity index (χ3n) is 2.14. The lowest BCUT2D eigenvalue weighted by molar-refractivity contribution is 0.134. The Morgan fingerprint density at radius 3 is 3.29 bits per heavy atom. The lowest BCUT2D eigenvalue weighted by atomic mass is 10.3. The van der Waals surface area contributed by atoms with Gasteiger partial charge in [-0.25, -0.2) is 4.98 Å². The van der Waals surface area contributed by atoms with E-state index in [4.69, 9.17) is 9.47 Å². The van der Waals surface area contributed by atoms with Crippen molar-refractivity contribution in [2.75, 3.05) is 18.5 Å². The van der Waals surface area contributed by atoms with Crippen molar-refractivity contribution in [2.24, 2.45) is 0 Å². The molecule has 1 N–H and O–H groups in total. The summed E-state index contributed by atoms with van der Waals surface area (Å²) >= 11 is -0.726. The Kier molecular flexibility index (Phi) is 4.37. The van der Waals surface area contributed by atoms with Crippen LogP contribution in [0.4, 0.5) is 10.6 Å². The van der Waals surface area contributed by atoms with E-state index in [1.807, 2.05) is 0 Å². The van der Waals surface area contributed by atoms with E-state index in [1.165, 1.54) is 0 Å². The molecule has 0 spiro atoms. The van der Waals surface area contributed by atoms with Gasteiger partial charge in [-0.1, -0.05) is 4.51 Å². The molecule has 6 nitrogen and oxygen atoms in total. The zero-order chi connectivity index (χ0) is 12.1. The first kappa shape index (κ1) is 12.4. The molecule has 0 unspecified atom stereocenters. The molecule has 1 aliphatic rings. The van der Waals surface area contributed by atoms with Crippen molar-refractivity contribution in [1.82, 2.24) is 9.97 Å². The van der Waals surface area contributed by atoms with E-state index in [0.29, 0.717) is 19.0 Å². The number of amides is 1. The van der Waals surface area contributed by atoms with E-state index in [0.717, 1.165) is 6.42 Å². The van der Waals surface area contributed by atoms with Crippen molar-refractivity contribution in [3.05, 3.63) is 12.3 Å². The zero-order valence-corrected chi connectivity index (χ0v) is 11.2. The minimum absolute atomic E-state index is 0.00113. The number of halogens is 1. The highest BCUT2D eigenvalue weighted by atomic mass is 127. The molecule has 1 fully saturated rings. The topological polar surface area (TPSA) is 73.3 Å². The van der Waals surface area contributed by atoms with E-state index < -0.39 is 20.7 Å². The zero-order valence-electron chi connectivity index (χ0n) is 9.06. The average molecular weight is 349 g/mol. The smallest absolute Gasteiger partial charge is 0.318 e. The summed E-state index contributed by atoms with van der Waals surface area (Å²) in [5, 5.41) is 2.64. The van der Waals surface area contributed by atoms with Crippen molar-refractivity contribution in [3.8, 4) is 6.01 Å². The molecular formula is C10H12IN3O3. The minimum Gasteiger partial charge on any atom is -0.458 e. The monoisotopic (exact) mass is 349 g/mol. The van der Waals surface area contributed by atoms with Crippen molar-refractivity contribution in [1.29, 1.82) is 0 Å². The van der Waals surface area contributed by atoms with Crippen LogP contribution in [0, 0.1) is 0 Å². The Hall–Kier alpha value is -1.09. The molecule has 0 aromatic carbocycles. The first-order chi connectivity index (χ1) is 8.28. The number of hydrogen-bond acceptors (Lipinski definition) is 5. The predicted octanol–water partition coefficient (Wildman–Crippen LogP) is 1.58. The Morgan fingerprint density at radius 2 is 2.59 bits per heavy atom. The van der Waals surface area contributed by atoms with Gasteiger partial charge in [0, 0.05) is 12.6 Å². The average Bonchev–Trinajstić information content (AvgIpc) is 2.82. The molecule has 0 saturated carbocycles. The fourth-order valence-electron chi connectivity index (χ4n) is 1.36. The largest absolute Gasteiger partial charge is 0.458 e. The van der Waals surface area contributed by atoms with Gasteiger partial charge in [0.05, 0.1) is 13.2 Å². The van der Waals surface area contributed by atoms with Crippen LogP contribution in [0.1, 0.15) is 6.42 Å². The molecule has 1 aromatic heterocycles. The van der Waals surface area contributed by atoms with Gasteiger partial charge < -0.3 is 14.8 Å². The van der Waals surface area contributed by atoms with Gasteiger partial charge in [-0.05, 0) is 26.8 Å². The van der Waals surface area contributed by atoms with E-state index >= 15 is 0 Å². The third kappa shape index (κ3) is 3.70. The van der Waals surface area contributed by atoms with Gasteiger partial charge in [0.2, 0.25) is 0 Å². The van der Waals surface area contributed by atoms with Crippen molar-refractivity contribution in [2.45, 2.75) is 12.5 Å². The SMILES string of the molecule is C=IC(=O)Nc1ccnc(O[C@@H]2CCOC2)n1. The fourth-order valence-corrected chi connectivity index (χ4v) is 1.82. The fraction of sp³-hybridized carbons (Fsp3) is 0.400. The van der Waals surface area contributed by atoms with E-state index in [2.05, 4.69) is 19.8 Å². The second kappa shape index (κ2) is 6.01. The van der Waals surface area contributed by atoms with Crippen LogP contribution in [0.25, 0.3) is 0 Å². The minimum atomic E-state index is -0.726. The van der Waals surface area contributed by atoms with Gasteiger partial charge in [0.25, 0.3) is 3.91 Å². The number of nitrogens with zero attached hydrogens (tertiary/aromatic N) is 2. The van der Waals surface area contributed by atoms with E-state index in [9.17, 15) is 4.79 Å². The normalized spacial score (nSPS) is 18.9. The summed E-state index contributed by atoms with van der Waals surface area (Å²) in [6.07, 6.45) is 2.39. The molecule has 1 aromatic rings. The molecule has 2 heterocycles. The highest BCUT2D eigenvalue weighted by molar-refractivity contribution is 14.2. The summed E-state index contributed by atoms with van der Waals surface area (Å²) < 4.78 is 14.2. The summed E-state index contributed by atoms with van der Waals surface area (Å²) in [5.41, 5.74) is 0. The maximum Gasteiger partial charge on any atom is 0.318 e. The molecule has 0 bridgehead atoms. The number of ether oxygens (including phenoxy) is 2. The van der Waals surface area contributed by atoms with Gasteiger partial charge in [-0.3, -0.25) is 4.79 Å². The Bertz CT molecular complexity index is 421. The van der Waals surface area contributed by atoms with Crippen LogP contribution in [0.15, 0.2) is 12.3 Å². The van der Waals surface area contributed by atoms with Gasteiger partial charge in [-0.15, -0.1) is 0 Å². The number of anilines is 1. The van der Waals surface area contributed by atoms with E-state index in [1.54, 1.807) is 12.3 Å². The summed E-state index contributed by atoms with van der Waals surface area (Å²) in [5.74, 6) is 0.447. The number of rotatable bonds is 4. The summed E-state index contributed by atoms with van der Waals surface area (Å²) in [6.45, 7) is 1.26. The maximum absolute atomic E-state index is 11.2. The van der Waals surface area contributed by atoms with Crippen LogP contribution in [-0.2, 0) is 4.74 Å². The summed E-state index contributed by atoms with van der Waals surface area (Å²) in [6, 6.07) is 1.88. The molecule has 92 valence electrons. The molecular weight excluding hydrogens is 337 g/mol. The van der Waals surface area contributed by atoms with Crippen molar-refractivity contribution < 1.29 is 14.3 Å². The number of aromatic nitrogens is 2. The standard InChI is InChI=1S/C10H12IN3O3/c1-11-9(15)13-8-2-4-12-10(14-8)17-7-3-5-16-6-7/h2,4,7H,1,3,5-6H2,(H,12,13,14,15)/t7-/m1/s1. The molecule has 1 atom stereocenters. The second-order valence-electron chi connectivity index (χ2n) is 3.36. The Morgan fingerprint density at radius 1 is 1.71 bits per heavy atom. The van der Waals surface area contributed by atoms with Crippen molar-refractivity contribution in [3.63, 3.8) is 0 Å². The number of nitrogens with one attached hydrogen (secondary N) is 1. The van der Waals surface area contributed by atoms with Crippen LogP contribution >= 0.6 is 20.7 Å². The predicted molar refractivity (Wildman–Crippen MR) is 72.0 cm³/mol. The van der Waals surface area contributed by atoms with Crippen LogP contribution < -0.4 is 10.1 Å². The van der Waals surface area contributed by atoms with Crippen LogP contribution in [0.5, 0.6) is 6.01 Å². The lowest BCUT2D eigenvalue weighted by Gasteiger charge is -2.10. The summed E-state index contributed by atoms with van der Waals surface area (Å²) in [4.78, 5) is 19.3. The molecule has 1 amide bonds. The Balaban J connectivity index is 2.00. The number of hydrogen-bond donors (Lipinski definition) is 1. The van der Waals surface area contributed by atoms with Crippen molar-refractivity contribution >= 4 is 35.0 Å². The van der Waals surface area contributed by atoms with Gasteiger partial charge in [0.1, 0.15) is 11.9 Å². The van der Waals surface area contributed by atoms with Gasteiger partial charge in [-0.2, -0.15) is 4.98 Å². The molecule has 1 aliphatic heterocycles. The van der Waals surface area contributed by atoms with Gasteiger partial charge >= 0.3 is 6.01 Å². The highest BCUT2D eigenvalue weighted by Crippen LogP contribution is 2.14. The first-order valence-electron chi connectivity index (χ1n) is 5.05. The molecule has 17 heavy (non-hydrogen) atoms. The molecule has 2 rings (SSSR count). The lowest BCUT2D eigenvalue weighted by Crippen LogP contribution is -2.17. The highest BCUT2D eigenvalue weighted by Gasteiger charge is 2.18. The molecule has 1 saturated heterocycles. The molecule has 0 aliphatic carbocycles. The number of carbonyl (C=O) groups is 1. The number of carbonyl (C=O) groups excluding carboxylic acids is 1. The van der Waals surface area contributed by atoms with Gasteiger partial charge in [0.15, 0.2) is 0 Å². The third-order valence-corrected chi connectivity index (χ3v) is 3.10. The first-order valence-corrected chi connectivity index (χ1v) is 7.65. The van der Waals surface area contributed by atoms with Crippen LogP contribution in [0.2, 0.25) is 0 Å². The second-order valence-corrected chi connectivity index (χ2v) is 5.10. The molecule has 0 radical (unpaired) electrons. The quantitative estimate of drug-likeness (QED) is 0.508. The maximum atomic E-state index is 11.2. The Labute approximate surface area is 108 Å².